The van der Waals surface area contributed by atoms with E-state index >= 15 is 0 Å². The Balaban J connectivity index is 1.96. The van der Waals surface area contributed by atoms with Gasteiger partial charge < -0.3 is 4.90 Å². The zero-order valence-corrected chi connectivity index (χ0v) is 20.3. The fourth-order valence-corrected chi connectivity index (χ4v) is 3.96. The molecule has 1 heterocycles. The molecule has 0 N–H and O–H groups in total. The molecule has 7 nitrogen and oxygen atoms in total. The Labute approximate surface area is 204 Å². The molecule has 0 spiro atoms. The maximum Gasteiger partial charge on any atom is 0.277 e. The fourth-order valence-electron chi connectivity index (χ4n) is 3.96. The van der Waals surface area contributed by atoms with Gasteiger partial charge in [0.25, 0.3) is 11.2 Å². The van der Waals surface area contributed by atoms with Crippen LogP contribution in [0, 0.1) is 10.1 Å². The van der Waals surface area contributed by atoms with Gasteiger partial charge in [0.15, 0.2) is 0 Å². The molecule has 0 saturated heterocycles. The molecular formula is C28H28N4O3. The Morgan fingerprint density at radius 3 is 2.46 bits per heavy atom. The highest BCUT2D eigenvalue weighted by atomic mass is 16.6. The molecule has 0 aliphatic heterocycles. The van der Waals surface area contributed by atoms with Gasteiger partial charge in [0.2, 0.25) is 0 Å². The van der Waals surface area contributed by atoms with Gasteiger partial charge in [0, 0.05) is 25.7 Å². The minimum Gasteiger partial charge on any atom is -0.383 e. The molecule has 1 aromatic heterocycles. The molecule has 0 amide bonds. The van der Waals surface area contributed by atoms with Gasteiger partial charge in [-0.2, -0.15) is 0 Å². The molecule has 0 fully saturated rings. The van der Waals surface area contributed by atoms with Crippen molar-refractivity contribution in [3.05, 3.63) is 105 Å². The summed E-state index contributed by atoms with van der Waals surface area (Å²) in [7, 11) is 3.70. The highest BCUT2D eigenvalue weighted by Crippen LogP contribution is 2.29. The van der Waals surface area contributed by atoms with Crippen LogP contribution < -0.4 is 5.56 Å². The molecule has 0 saturated carbocycles. The van der Waals surface area contributed by atoms with E-state index in [1.807, 2.05) is 49.3 Å². The van der Waals surface area contributed by atoms with Crippen molar-refractivity contribution in [2.75, 3.05) is 14.1 Å². The molecule has 4 aromatic rings. The van der Waals surface area contributed by atoms with Crippen LogP contribution >= 0.6 is 0 Å². The van der Waals surface area contributed by atoms with E-state index in [-0.39, 0.29) is 11.2 Å². The second kappa shape index (κ2) is 9.93. The Bertz CT molecular complexity index is 1470. The van der Waals surface area contributed by atoms with Crippen LogP contribution in [0.25, 0.3) is 34.1 Å². The zero-order chi connectivity index (χ0) is 25.1. The van der Waals surface area contributed by atoms with E-state index in [0.717, 1.165) is 6.42 Å². The predicted octanol–water partition coefficient (Wildman–Crippen LogP) is 6.01. The lowest BCUT2D eigenvalue weighted by molar-refractivity contribution is -0.385. The lowest BCUT2D eigenvalue weighted by atomic mass is 9.98. The SMILES string of the molecule is CCC(C)c1ccc(-n2c(-c3ccc(C=CN(C)C)c([N+](=O)[O-])c3)nc3ccccc3c2=O)cc1. The first-order valence-corrected chi connectivity index (χ1v) is 11.6. The third kappa shape index (κ3) is 4.84. The van der Waals surface area contributed by atoms with Crippen molar-refractivity contribution in [1.29, 1.82) is 0 Å². The number of benzene rings is 3. The molecule has 1 unspecified atom stereocenters. The van der Waals surface area contributed by atoms with Gasteiger partial charge in [-0.25, -0.2) is 4.98 Å². The van der Waals surface area contributed by atoms with E-state index in [2.05, 4.69) is 13.8 Å². The standard InChI is InChI=1S/C28H28N4O3/c1-5-19(2)20-12-14-23(15-13-20)31-27(29-25-9-7-6-8-24(25)28(31)33)22-11-10-21(16-17-30(3)4)26(18-22)32(34)35/h6-19H,5H2,1-4H3. The van der Waals surface area contributed by atoms with Crippen LogP contribution in [0.4, 0.5) is 5.69 Å². The molecule has 0 radical (unpaired) electrons. The average Bonchev–Trinajstić information content (AvgIpc) is 2.87. The number of para-hydroxylation sites is 1. The van der Waals surface area contributed by atoms with Crippen molar-refractivity contribution in [2.24, 2.45) is 0 Å². The lowest BCUT2D eigenvalue weighted by Crippen LogP contribution is -2.22. The van der Waals surface area contributed by atoms with Crippen LogP contribution in [0.2, 0.25) is 0 Å². The number of fused-ring (bicyclic) bond motifs is 1. The van der Waals surface area contributed by atoms with E-state index in [0.29, 0.717) is 39.5 Å². The normalized spacial score (nSPS) is 12.2. The summed E-state index contributed by atoms with van der Waals surface area (Å²) in [4.78, 5) is 31.7. The Kier molecular flexibility index (Phi) is 6.78. The fraction of sp³-hybridized carbons (Fsp3) is 0.214. The average molecular weight is 469 g/mol. The molecule has 178 valence electrons. The molecule has 0 aliphatic rings. The number of nitro groups is 1. The quantitative estimate of drug-likeness (QED) is 0.245. The van der Waals surface area contributed by atoms with Gasteiger partial charge in [0.05, 0.1) is 27.1 Å². The van der Waals surface area contributed by atoms with Gasteiger partial charge >= 0.3 is 0 Å². The second-order valence-corrected chi connectivity index (χ2v) is 8.80. The maximum absolute atomic E-state index is 13.6. The third-order valence-electron chi connectivity index (χ3n) is 6.15. The van der Waals surface area contributed by atoms with E-state index in [1.165, 1.54) is 16.2 Å². The Morgan fingerprint density at radius 2 is 1.80 bits per heavy atom. The summed E-state index contributed by atoms with van der Waals surface area (Å²) >= 11 is 0. The molecule has 1 atom stereocenters. The summed E-state index contributed by atoms with van der Waals surface area (Å²) in [5.74, 6) is 0.761. The Morgan fingerprint density at radius 1 is 1.09 bits per heavy atom. The van der Waals surface area contributed by atoms with Gasteiger partial charge in [-0.15, -0.1) is 0 Å². The van der Waals surface area contributed by atoms with Crippen molar-refractivity contribution in [3.63, 3.8) is 0 Å². The van der Waals surface area contributed by atoms with Crippen LogP contribution in [-0.2, 0) is 0 Å². The van der Waals surface area contributed by atoms with Crippen molar-refractivity contribution >= 4 is 22.7 Å². The molecular weight excluding hydrogens is 440 g/mol. The number of nitrogens with zero attached hydrogens (tertiary/aromatic N) is 4. The van der Waals surface area contributed by atoms with Gasteiger partial charge in [0.1, 0.15) is 5.82 Å². The molecule has 3 aromatic carbocycles. The van der Waals surface area contributed by atoms with Crippen LogP contribution in [0.15, 0.2) is 77.7 Å². The summed E-state index contributed by atoms with van der Waals surface area (Å²) in [6.07, 6.45) is 4.46. The smallest absolute Gasteiger partial charge is 0.277 e. The minimum atomic E-state index is -0.413. The number of rotatable bonds is 7. The van der Waals surface area contributed by atoms with Gasteiger partial charge in [-0.1, -0.05) is 44.2 Å². The predicted molar refractivity (Wildman–Crippen MR) is 141 cm³/mol. The van der Waals surface area contributed by atoms with Crippen molar-refractivity contribution in [1.82, 2.24) is 14.5 Å². The summed E-state index contributed by atoms with van der Waals surface area (Å²) in [6.45, 7) is 4.30. The number of aromatic nitrogens is 2. The monoisotopic (exact) mass is 468 g/mol. The summed E-state index contributed by atoms with van der Waals surface area (Å²) in [5.41, 5.74) is 3.08. The molecule has 7 heteroatoms. The first-order valence-electron chi connectivity index (χ1n) is 11.6. The number of hydrogen-bond acceptors (Lipinski definition) is 5. The van der Waals surface area contributed by atoms with Crippen LogP contribution in [0.5, 0.6) is 0 Å². The second-order valence-electron chi connectivity index (χ2n) is 8.80. The first-order chi connectivity index (χ1) is 16.8. The highest BCUT2D eigenvalue weighted by molar-refractivity contribution is 5.81. The highest BCUT2D eigenvalue weighted by Gasteiger charge is 2.19. The summed E-state index contributed by atoms with van der Waals surface area (Å²) in [5, 5.41) is 12.4. The summed E-state index contributed by atoms with van der Waals surface area (Å²) < 4.78 is 1.54. The maximum atomic E-state index is 13.6. The molecule has 4 rings (SSSR count). The Hall–Kier alpha value is -4.26. The molecule has 0 aliphatic carbocycles. The van der Waals surface area contributed by atoms with E-state index in [4.69, 9.17) is 4.98 Å². The molecule has 35 heavy (non-hydrogen) atoms. The topological polar surface area (TPSA) is 81.3 Å². The van der Waals surface area contributed by atoms with Crippen LogP contribution in [0.1, 0.15) is 37.3 Å². The largest absolute Gasteiger partial charge is 0.383 e. The first kappa shape index (κ1) is 23.9. The van der Waals surface area contributed by atoms with Gasteiger partial charge in [-0.05, 0) is 60.5 Å². The number of hydrogen-bond donors (Lipinski definition) is 0. The zero-order valence-electron chi connectivity index (χ0n) is 20.3. The van der Waals surface area contributed by atoms with Gasteiger partial charge in [-0.3, -0.25) is 19.5 Å². The summed E-state index contributed by atoms with van der Waals surface area (Å²) in [6, 6.07) is 19.9. The van der Waals surface area contributed by atoms with E-state index in [1.54, 1.807) is 42.6 Å². The van der Waals surface area contributed by atoms with Crippen molar-refractivity contribution in [2.45, 2.75) is 26.2 Å². The van der Waals surface area contributed by atoms with Crippen molar-refractivity contribution < 1.29 is 4.92 Å². The van der Waals surface area contributed by atoms with Crippen LogP contribution in [-0.4, -0.2) is 33.5 Å². The van der Waals surface area contributed by atoms with E-state index < -0.39 is 4.92 Å². The lowest BCUT2D eigenvalue weighted by Gasteiger charge is -2.16. The minimum absolute atomic E-state index is 0.0540. The van der Waals surface area contributed by atoms with E-state index in [9.17, 15) is 14.9 Å². The third-order valence-corrected chi connectivity index (χ3v) is 6.15. The van der Waals surface area contributed by atoms with Crippen LogP contribution in [0.3, 0.4) is 0 Å². The molecule has 0 bridgehead atoms. The number of nitro benzene ring substituents is 1. The van der Waals surface area contributed by atoms with Crippen molar-refractivity contribution in [3.8, 4) is 17.1 Å².